The van der Waals surface area contributed by atoms with Crippen LogP contribution < -0.4 is 33.2 Å². The summed E-state index contributed by atoms with van der Waals surface area (Å²) in [6.07, 6.45) is 1.61. The summed E-state index contributed by atoms with van der Waals surface area (Å²) in [6.45, 7) is 0. The average molecular weight is 1550 g/mol. The molecule has 0 saturated carbocycles. The van der Waals surface area contributed by atoms with Gasteiger partial charge in [-0.15, -0.1) is 34.2 Å². The zero-order valence-electron chi connectivity index (χ0n) is 26.5. The van der Waals surface area contributed by atoms with Crippen LogP contribution in [0, 0.1) is 34.9 Å². The second kappa shape index (κ2) is 27.0. The van der Waals surface area contributed by atoms with Crippen molar-refractivity contribution < 1.29 is 65.9 Å². The van der Waals surface area contributed by atoms with Crippen molar-refractivity contribution in [2.24, 2.45) is 0 Å². The van der Waals surface area contributed by atoms with E-state index in [-0.39, 0.29) is 56.5 Å². The fourth-order valence-electron chi connectivity index (χ4n) is 3.39. The zero-order valence-corrected chi connectivity index (χ0v) is 42.0. The molecule has 0 bridgehead atoms. The first-order chi connectivity index (χ1) is 25.4. The molecule has 0 spiro atoms. The normalized spacial score (nSPS) is 10.3. The van der Waals surface area contributed by atoms with Crippen LogP contribution in [0.2, 0.25) is 0 Å². The third kappa shape index (κ3) is 16.0. The molecule has 3 N–H and O–H groups in total. The Hall–Kier alpha value is -1.11. The smallest absolute Gasteiger partial charge is 0.149 e. The van der Waals surface area contributed by atoms with Crippen LogP contribution in [0.1, 0.15) is 14.9 Å². The van der Waals surface area contributed by atoms with Crippen molar-refractivity contribution in [3.05, 3.63) is 83.7 Å². The van der Waals surface area contributed by atoms with Crippen LogP contribution >= 0.6 is 109 Å². The van der Waals surface area contributed by atoms with Gasteiger partial charge in [0.25, 0.3) is 29.4 Å². The van der Waals surface area contributed by atoms with Crippen LogP contribution in [-0.4, -0.2) is 70.2 Å². The van der Waals surface area contributed by atoms with Gasteiger partial charge in [0.15, 0.2) is 22.9 Å². The first kappa shape index (κ1) is 58.0. The summed E-state index contributed by atoms with van der Waals surface area (Å²) in [4.78, 5) is 14.0. The molecule has 320 valence electrons. The van der Waals surface area contributed by atoms with Crippen LogP contribution in [-0.2, 0) is 19.1 Å². The maximum atomic E-state index is 13.7. The van der Waals surface area contributed by atoms with Gasteiger partial charge in [0.1, 0.15) is 34.6 Å². The Balaban J connectivity index is 0. The molecular formula is C26H26ClF6I6N10O6S2-. The number of nitrogens with zero attached hydrogens (tertiary/aromatic N) is 8. The molecule has 0 unspecified atom stereocenters. The third-order valence-electron chi connectivity index (χ3n) is 5.56. The molecule has 0 aliphatic rings. The van der Waals surface area contributed by atoms with Crippen LogP contribution in [0.15, 0.2) is 59.1 Å². The number of benzene rings is 2. The molecule has 0 aliphatic carbocycles. The second-order valence-corrected chi connectivity index (χ2v) is 29.1. The van der Waals surface area contributed by atoms with Crippen molar-refractivity contribution in [1.82, 2.24) is 39.2 Å². The number of aromatic nitrogens is 8. The Morgan fingerprint density at radius 3 is 1.42 bits per heavy atom. The first-order valence-corrected chi connectivity index (χ1v) is 35.6. The number of nitrogens with two attached hydrogens (primary N) is 1. The molecule has 31 heteroatoms. The van der Waals surface area contributed by atoms with Crippen molar-refractivity contribution >= 4 is 151 Å². The number of hydrogen-bond donors (Lipinski definition) is 2. The number of rotatable bonds is 6. The molecule has 0 radical (unpaired) electrons. The van der Waals surface area contributed by atoms with Gasteiger partial charge in [-0.3, -0.25) is 4.72 Å². The predicted molar refractivity (Wildman–Crippen MR) is 241 cm³/mol. The largest absolute Gasteiger partial charge is 0.394 e. The summed E-state index contributed by atoms with van der Waals surface area (Å²) >= 11 is 9.54. The molecule has 6 aromatic rings. The van der Waals surface area contributed by atoms with Crippen LogP contribution in [0.3, 0.4) is 0 Å². The second-order valence-electron chi connectivity index (χ2n) is 8.77. The molecule has 57 heavy (non-hydrogen) atoms. The molecule has 6 rings (SSSR count). The van der Waals surface area contributed by atoms with Gasteiger partial charge >= 0.3 is 62.5 Å². The van der Waals surface area contributed by atoms with Gasteiger partial charge in [0.05, 0.1) is 26.6 Å². The third-order valence-corrected chi connectivity index (χ3v) is 7.71. The average Bonchev–Trinajstić information content (AvgIpc) is 3.80. The van der Waals surface area contributed by atoms with E-state index in [2.05, 4.69) is 105 Å². The van der Waals surface area contributed by atoms with Crippen LogP contribution in [0.25, 0.3) is 11.3 Å². The molecule has 0 saturated heterocycles. The maximum absolute atomic E-state index is 13.7. The van der Waals surface area contributed by atoms with Crippen LogP contribution in [0.5, 0.6) is 12.0 Å². The minimum Gasteiger partial charge on any atom is -0.394 e. The number of hydrogen-bond acceptors (Lipinski definition) is 13. The number of nitrogen functional groups attached to an aromatic ring is 1. The van der Waals surface area contributed by atoms with Crippen molar-refractivity contribution in [1.29, 1.82) is 0 Å². The number of para-hydroxylation sites is 2. The minimum absolute atomic E-state index is 0. The van der Waals surface area contributed by atoms with E-state index in [0.29, 0.717) is 17.8 Å². The summed E-state index contributed by atoms with van der Waals surface area (Å²) < 4.78 is 138. The Kier molecular flexibility index (Phi) is 27.4. The van der Waals surface area contributed by atoms with E-state index < -0.39 is 81.3 Å². The quantitative estimate of drug-likeness (QED) is 0.0911. The fourth-order valence-corrected chi connectivity index (χ4v) is 4.91. The van der Waals surface area contributed by atoms with E-state index in [1.165, 1.54) is 20.3 Å². The Labute approximate surface area is 396 Å². The number of anilines is 2. The molecule has 4 heterocycles. The number of sulfonamides is 1. The van der Waals surface area contributed by atoms with Gasteiger partial charge in [0.2, 0.25) is 0 Å². The van der Waals surface area contributed by atoms with Crippen molar-refractivity contribution in [3.63, 3.8) is 0 Å². The van der Waals surface area contributed by atoms with E-state index in [1.54, 1.807) is 4.72 Å². The number of halogens is 13. The number of ether oxygens (including phenoxy) is 2. The van der Waals surface area contributed by atoms with Crippen molar-refractivity contribution in [2.75, 3.05) is 24.7 Å². The van der Waals surface area contributed by atoms with E-state index in [1.807, 2.05) is 0 Å². The van der Waals surface area contributed by atoms with Crippen LogP contribution in [0.4, 0.5) is 37.7 Å². The molecule has 4 aromatic heterocycles. The molecule has 2 aromatic carbocycles. The standard InChI is InChI=1S/C12H8F3N5O3S.C6H4ClFN4O3S.C6H5F2N.2CH4.I3.I2.HI/c1-23-12-16-5-8(15)10-17-11(18-20(10)12)24(21,22)19-9-6(13)3-2-4-7(9)14;1-15-6-9-2-3(8)4-10-5(11-12(4)6)16(7,13)14;7-4-2-1-3-5(8)6(4)9;;;1-3-2;1-2;/h2-5,19H,1H3;2H,1H3;1-3H,9H2;2*1H4;;;1H/q;;;;;-1;;. The van der Waals surface area contributed by atoms with Gasteiger partial charge < -0.3 is 15.2 Å². The van der Waals surface area contributed by atoms with Gasteiger partial charge in [-0.25, -0.2) is 44.7 Å². The molecule has 0 amide bonds. The van der Waals surface area contributed by atoms with Gasteiger partial charge in [0, 0.05) is 47.9 Å². The summed E-state index contributed by atoms with van der Waals surface area (Å²) in [7, 11) is -1.20. The Morgan fingerprint density at radius 1 is 0.719 bits per heavy atom. The Morgan fingerprint density at radius 2 is 1.07 bits per heavy atom. The zero-order chi connectivity index (χ0) is 41.0. The number of fused-ring (bicyclic) bond motifs is 2. The number of methoxy groups -OCH3 is 2. The monoisotopic (exact) mass is 1550 g/mol. The van der Waals surface area contributed by atoms with E-state index >= 15 is 0 Å². The minimum atomic E-state index is -4.58. The van der Waals surface area contributed by atoms with E-state index in [4.69, 9.17) is 25.9 Å². The fraction of sp³-hybridized carbons (Fsp3) is 0.154. The molecule has 16 nitrogen and oxygen atoms in total. The topological polar surface area (TPSA) is 211 Å². The molecule has 0 fully saturated rings. The maximum Gasteiger partial charge on any atom is 0.149 e. The van der Waals surface area contributed by atoms with Crippen molar-refractivity contribution in [3.8, 4) is 12.0 Å². The summed E-state index contributed by atoms with van der Waals surface area (Å²) in [5.74, 6) is -5.48. The van der Waals surface area contributed by atoms with Crippen molar-refractivity contribution in [2.45, 2.75) is 25.2 Å². The summed E-state index contributed by atoms with van der Waals surface area (Å²) in [6, 6.07) is 5.96. The van der Waals surface area contributed by atoms with Gasteiger partial charge in [-0.2, -0.15) is 27.4 Å². The molecule has 0 aliphatic heterocycles. The Bertz CT molecular complexity index is 2410. The summed E-state index contributed by atoms with van der Waals surface area (Å²) in [5, 5.41) is 5.41. The van der Waals surface area contributed by atoms with Gasteiger partial charge in [-0.05, 0) is 24.3 Å². The molecule has 0 atom stereocenters. The SMILES string of the molecule is C.C.COc1ncc(F)c2nc(S(=O)(=O)Cl)nn12.COc1ncc(F)c2nc(S(=O)(=O)Nc3c(F)cccc3F)nn12.I.II.I[I-]I.Nc1c(F)cccc1F. The van der Waals surface area contributed by atoms with E-state index in [0.717, 1.165) is 47.2 Å². The predicted octanol–water partition coefficient (Wildman–Crippen LogP) is 5.53. The van der Waals surface area contributed by atoms with E-state index in [9.17, 15) is 43.2 Å². The molecular weight excluding hydrogens is 1520 g/mol. The van der Waals surface area contributed by atoms with Gasteiger partial charge in [-0.1, -0.05) is 27.0 Å². The first-order valence-electron chi connectivity index (χ1n) is 12.9. The number of nitrogens with one attached hydrogen (secondary N) is 1. The summed E-state index contributed by atoms with van der Waals surface area (Å²) in [5.41, 5.74) is 2.81.